The highest BCUT2D eigenvalue weighted by Gasteiger charge is 2.63. The molecule has 0 aliphatic heterocycles. The van der Waals surface area contributed by atoms with Crippen molar-refractivity contribution in [2.45, 2.75) is 124 Å². The predicted molar refractivity (Wildman–Crippen MR) is 149 cm³/mol. The third-order valence-corrected chi connectivity index (χ3v) is 12.8. The van der Waals surface area contributed by atoms with E-state index in [1.165, 1.54) is 44.9 Å². The van der Waals surface area contributed by atoms with Crippen LogP contribution in [-0.4, -0.2) is 16.3 Å². The van der Waals surface area contributed by atoms with Crippen molar-refractivity contribution < 1.29 is 10.2 Å². The number of hydrogen-bond acceptors (Lipinski definition) is 2. The van der Waals surface area contributed by atoms with Crippen LogP contribution in [-0.2, 0) is 0 Å². The summed E-state index contributed by atoms with van der Waals surface area (Å²) in [5.41, 5.74) is 5.73. The standard InChI is InChI=1S/C34H52O2/c1-23(11-10-14-28(35)24-12-8-7-9-13-24)25-17-21-34(6)27-15-16-29-31(2,3)30(36)19-20-32(29,4)26(27)18-22-33(25,34)5/h7-9,12-13,23,25,28-30,35-36H,10-11,14-22H2,1-6H3/t23-,25-,28?,29+,30+,32-,33-,34+/m1/s1. The SMILES string of the molecule is C[C@H](CCCC(O)c1ccccc1)[C@H]1CC[C@@]2(C)C3=C(CC[C@]12C)[C@@]1(C)CC[C@H](O)C(C)(C)[C@@H]1CC3. The van der Waals surface area contributed by atoms with Crippen LogP contribution in [0.4, 0.5) is 0 Å². The minimum atomic E-state index is -0.334. The molecule has 5 rings (SSSR count). The highest BCUT2D eigenvalue weighted by molar-refractivity contribution is 5.38. The maximum Gasteiger partial charge on any atom is 0.0790 e. The maximum absolute atomic E-state index is 10.9. The Morgan fingerprint density at radius 3 is 2.31 bits per heavy atom. The highest BCUT2D eigenvalue weighted by Crippen LogP contribution is 2.72. The van der Waals surface area contributed by atoms with Gasteiger partial charge in [0, 0.05) is 0 Å². The van der Waals surface area contributed by atoms with Crippen molar-refractivity contribution in [1.82, 2.24) is 0 Å². The summed E-state index contributed by atoms with van der Waals surface area (Å²) in [7, 11) is 0. The Bertz CT molecular complexity index is 978. The molecule has 0 saturated heterocycles. The number of allylic oxidation sites excluding steroid dienone is 2. The minimum Gasteiger partial charge on any atom is -0.393 e. The van der Waals surface area contributed by atoms with E-state index in [0.717, 1.165) is 37.2 Å². The Balaban J connectivity index is 1.32. The molecule has 0 amide bonds. The van der Waals surface area contributed by atoms with Gasteiger partial charge < -0.3 is 10.2 Å². The molecular formula is C34H52O2. The van der Waals surface area contributed by atoms with Gasteiger partial charge in [-0.25, -0.2) is 0 Å². The molecule has 0 aromatic heterocycles. The first-order chi connectivity index (χ1) is 16.9. The van der Waals surface area contributed by atoms with Gasteiger partial charge in [-0.2, -0.15) is 0 Å². The van der Waals surface area contributed by atoms with Crippen LogP contribution in [0.3, 0.4) is 0 Å². The maximum atomic E-state index is 10.9. The lowest BCUT2D eigenvalue weighted by Crippen LogP contribution is -2.55. The van der Waals surface area contributed by atoms with Crippen LogP contribution in [0.25, 0.3) is 0 Å². The summed E-state index contributed by atoms with van der Waals surface area (Å²) >= 11 is 0. The molecule has 200 valence electrons. The van der Waals surface area contributed by atoms with E-state index in [4.69, 9.17) is 0 Å². The van der Waals surface area contributed by atoms with Crippen molar-refractivity contribution >= 4 is 0 Å². The van der Waals surface area contributed by atoms with E-state index in [-0.39, 0.29) is 23.0 Å². The van der Waals surface area contributed by atoms with E-state index < -0.39 is 0 Å². The van der Waals surface area contributed by atoms with E-state index in [1.807, 2.05) is 41.5 Å². The topological polar surface area (TPSA) is 40.5 Å². The smallest absolute Gasteiger partial charge is 0.0790 e. The molecule has 36 heavy (non-hydrogen) atoms. The number of fused-ring (bicyclic) bond motifs is 4. The van der Waals surface area contributed by atoms with Gasteiger partial charge in [0.25, 0.3) is 0 Å². The predicted octanol–water partition coefficient (Wildman–Crippen LogP) is 8.64. The quantitative estimate of drug-likeness (QED) is 0.390. The van der Waals surface area contributed by atoms with Crippen molar-refractivity contribution in [3.63, 3.8) is 0 Å². The summed E-state index contributed by atoms with van der Waals surface area (Å²) in [6.07, 6.45) is 12.6. The van der Waals surface area contributed by atoms with Crippen LogP contribution < -0.4 is 0 Å². The average Bonchev–Trinajstić information content (AvgIpc) is 3.13. The van der Waals surface area contributed by atoms with Gasteiger partial charge in [0.1, 0.15) is 0 Å². The molecule has 1 unspecified atom stereocenters. The molecule has 4 aliphatic rings. The molecule has 2 fully saturated rings. The van der Waals surface area contributed by atoms with E-state index in [9.17, 15) is 10.2 Å². The largest absolute Gasteiger partial charge is 0.393 e. The third-order valence-electron chi connectivity index (χ3n) is 12.8. The second kappa shape index (κ2) is 9.26. The number of aliphatic hydroxyl groups excluding tert-OH is 2. The van der Waals surface area contributed by atoms with Gasteiger partial charge in [0.2, 0.25) is 0 Å². The van der Waals surface area contributed by atoms with Gasteiger partial charge in [0.05, 0.1) is 12.2 Å². The van der Waals surface area contributed by atoms with E-state index in [2.05, 4.69) is 41.5 Å². The van der Waals surface area contributed by atoms with Gasteiger partial charge in [0.15, 0.2) is 0 Å². The molecule has 2 N–H and O–H groups in total. The van der Waals surface area contributed by atoms with Crippen molar-refractivity contribution in [2.24, 2.45) is 39.4 Å². The monoisotopic (exact) mass is 492 g/mol. The van der Waals surface area contributed by atoms with Gasteiger partial charge in [-0.05, 0) is 103 Å². The summed E-state index contributed by atoms with van der Waals surface area (Å²) < 4.78 is 0. The fourth-order valence-electron chi connectivity index (χ4n) is 10.3. The molecular weight excluding hydrogens is 440 g/mol. The lowest BCUT2D eigenvalue weighted by molar-refractivity contribution is -0.0962. The van der Waals surface area contributed by atoms with Crippen LogP contribution in [0.5, 0.6) is 0 Å². The Morgan fingerprint density at radius 2 is 1.58 bits per heavy atom. The molecule has 8 atom stereocenters. The molecule has 0 heterocycles. The fourth-order valence-corrected chi connectivity index (χ4v) is 10.3. The van der Waals surface area contributed by atoms with Crippen molar-refractivity contribution in [2.75, 3.05) is 0 Å². The van der Waals surface area contributed by atoms with Crippen molar-refractivity contribution in [3.8, 4) is 0 Å². The molecule has 0 spiro atoms. The molecule has 4 aliphatic carbocycles. The Hall–Kier alpha value is -1.12. The second-order valence-corrected chi connectivity index (χ2v) is 14.6. The second-order valence-electron chi connectivity index (χ2n) is 14.6. The van der Waals surface area contributed by atoms with Crippen LogP contribution in [0.2, 0.25) is 0 Å². The van der Waals surface area contributed by atoms with Crippen molar-refractivity contribution in [1.29, 1.82) is 0 Å². The Labute approximate surface area is 221 Å². The summed E-state index contributed by atoms with van der Waals surface area (Å²) in [4.78, 5) is 0. The van der Waals surface area contributed by atoms with Gasteiger partial charge >= 0.3 is 0 Å². The van der Waals surface area contributed by atoms with Crippen LogP contribution >= 0.6 is 0 Å². The van der Waals surface area contributed by atoms with Crippen molar-refractivity contribution in [3.05, 3.63) is 47.0 Å². The first-order valence-corrected chi connectivity index (χ1v) is 15.1. The minimum absolute atomic E-state index is 0.0181. The summed E-state index contributed by atoms with van der Waals surface area (Å²) in [6.45, 7) is 15.0. The Kier molecular flexibility index (Phi) is 6.82. The summed E-state index contributed by atoms with van der Waals surface area (Å²) in [6, 6.07) is 10.2. The zero-order chi connectivity index (χ0) is 25.9. The summed E-state index contributed by atoms with van der Waals surface area (Å²) in [5.74, 6) is 2.09. The van der Waals surface area contributed by atoms with E-state index >= 15 is 0 Å². The highest BCUT2D eigenvalue weighted by atomic mass is 16.3. The van der Waals surface area contributed by atoms with Crippen LogP contribution in [0.1, 0.15) is 124 Å². The zero-order valence-electron chi connectivity index (χ0n) is 23.9. The fraction of sp³-hybridized carbons (Fsp3) is 0.765. The lowest BCUT2D eigenvalue weighted by Gasteiger charge is -2.62. The van der Waals surface area contributed by atoms with Gasteiger partial charge in [-0.3, -0.25) is 0 Å². The Morgan fingerprint density at radius 1 is 0.861 bits per heavy atom. The number of rotatable bonds is 6. The van der Waals surface area contributed by atoms with Crippen LogP contribution in [0, 0.1) is 39.4 Å². The molecule has 1 aromatic rings. The normalized spacial score (nSPS) is 41.3. The average molecular weight is 493 g/mol. The molecule has 1 aromatic carbocycles. The first-order valence-electron chi connectivity index (χ1n) is 15.1. The van der Waals surface area contributed by atoms with E-state index in [0.29, 0.717) is 22.7 Å². The van der Waals surface area contributed by atoms with E-state index in [1.54, 1.807) is 0 Å². The molecule has 2 heteroatoms. The number of benzene rings is 1. The number of aliphatic hydroxyl groups is 2. The zero-order valence-corrected chi connectivity index (χ0v) is 23.9. The summed E-state index contributed by atoms with van der Waals surface area (Å²) in [5, 5.41) is 21.5. The van der Waals surface area contributed by atoms with Crippen LogP contribution in [0.15, 0.2) is 41.5 Å². The third kappa shape index (κ3) is 3.87. The number of hydrogen-bond donors (Lipinski definition) is 2. The lowest BCUT2D eigenvalue weighted by atomic mass is 9.43. The molecule has 0 radical (unpaired) electrons. The molecule has 0 bridgehead atoms. The first kappa shape index (κ1) is 26.5. The molecule has 2 saturated carbocycles. The van der Waals surface area contributed by atoms with Gasteiger partial charge in [-0.1, -0.05) is 95.9 Å². The molecule has 2 nitrogen and oxygen atoms in total. The van der Waals surface area contributed by atoms with Gasteiger partial charge in [-0.15, -0.1) is 0 Å².